The van der Waals surface area contributed by atoms with Crippen molar-refractivity contribution in [3.8, 4) is 28.5 Å². The number of rotatable bonds is 4. The maximum absolute atomic E-state index is 13.3. The fourth-order valence-electron chi connectivity index (χ4n) is 4.81. The minimum Gasteiger partial charge on any atom is -0.493 e. The Morgan fingerprint density at radius 3 is 2.61 bits per heavy atom. The number of carbonyl (C=O) groups excluding carboxylic acids is 1. The first-order valence-corrected chi connectivity index (χ1v) is 11.4. The van der Waals surface area contributed by atoms with E-state index in [1.165, 1.54) is 0 Å². The Balaban J connectivity index is 1.37. The summed E-state index contributed by atoms with van der Waals surface area (Å²) in [5, 5.41) is 4.72. The van der Waals surface area contributed by atoms with Gasteiger partial charge < -0.3 is 19.1 Å². The molecule has 172 valence electrons. The molecule has 0 atom stereocenters. The minimum absolute atomic E-state index is 0.0122. The van der Waals surface area contributed by atoms with Crippen LogP contribution in [-0.2, 0) is 12.6 Å². The van der Waals surface area contributed by atoms with Gasteiger partial charge in [-0.15, -0.1) is 0 Å². The van der Waals surface area contributed by atoms with Crippen molar-refractivity contribution in [3.63, 3.8) is 0 Å². The van der Waals surface area contributed by atoms with Crippen LogP contribution < -0.4 is 14.2 Å². The van der Waals surface area contributed by atoms with Gasteiger partial charge in [0.15, 0.2) is 11.5 Å². The smallest absolute Gasteiger partial charge is 0.253 e. The molecule has 2 aliphatic heterocycles. The molecular formula is C26H29N3O4. The highest BCUT2D eigenvalue weighted by molar-refractivity contribution is 5.95. The third-order valence-corrected chi connectivity index (χ3v) is 6.40. The number of amides is 1. The lowest BCUT2D eigenvalue weighted by atomic mass is 9.81. The highest BCUT2D eigenvalue weighted by atomic mass is 16.5. The lowest BCUT2D eigenvalue weighted by molar-refractivity contribution is -0.00167. The van der Waals surface area contributed by atoms with Crippen molar-refractivity contribution in [2.75, 3.05) is 20.2 Å². The summed E-state index contributed by atoms with van der Waals surface area (Å²) in [6.45, 7) is 5.12. The number of aromatic nitrogens is 2. The zero-order chi connectivity index (χ0) is 23.2. The average Bonchev–Trinajstić information content (AvgIpc) is 3.22. The standard InChI is InChI=1S/C26H29N3O4/c1-17(2)32-22-10-9-18(15-23(22)31-4)25(30)29-13-11-26(12-14-29)20-16-28(3)27-24(20)19-7-5-6-8-21(19)33-26/h5-10,15-17H,11-14H2,1-4H3. The first kappa shape index (κ1) is 21.4. The molecule has 1 fully saturated rings. The molecule has 33 heavy (non-hydrogen) atoms. The van der Waals surface area contributed by atoms with E-state index in [0.29, 0.717) is 43.0 Å². The van der Waals surface area contributed by atoms with Gasteiger partial charge in [0.2, 0.25) is 0 Å². The molecule has 0 unspecified atom stereocenters. The second-order valence-electron chi connectivity index (χ2n) is 8.98. The van der Waals surface area contributed by atoms with Gasteiger partial charge in [-0.05, 0) is 44.2 Å². The molecule has 3 heterocycles. The molecule has 0 N–H and O–H groups in total. The monoisotopic (exact) mass is 447 g/mol. The summed E-state index contributed by atoms with van der Waals surface area (Å²) in [6.07, 6.45) is 3.49. The number of fused-ring (bicyclic) bond motifs is 4. The topological polar surface area (TPSA) is 65.8 Å². The third kappa shape index (κ3) is 3.71. The summed E-state index contributed by atoms with van der Waals surface area (Å²) in [7, 11) is 3.53. The summed E-state index contributed by atoms with van der Waals surface area (Å²) < 4.78 is 19.7. The highest BCUT2D eigenvalue weighted by Gasteiger charge is 2.45. The Kier molecular flexibility index (Phi) is 5.27. The number of benzene rings is 2. The summed E-state index contributed by atoms with van der Waals surface area (Å²) in [5.74, 6) is 2.05. The molecular weight excluding hydrogens is 418 g/mol. The molecule has 1 spiro atoms. The predicted molar refractivity (Wildman–Crippen MR) is 125 cm³/mol. The van der Waals surface area contributed by atoms with Crippen molar-refractivity contribution in [2.24, 2.45) is 7.05 Å². The van der Waals surface area contributed by atoms with Crippen molar-refractivity contribution < 1.29 is 19.0 Å². The van der Waals surface area contributed by atoms with Crippen LogP contribution in [-0.4, -0.2) is 46.9 Å². The maximum Gasteiger partial charge on any atom is 0.253 e. The number of hydrogen-bond donors (Lipinski definition) is 0. The molecule has 2 aromatic carbocycles. The fourth-order valence-corrected chi connectivity index (χ4v) is 4.81. The van der Waals surface area contributed by atoms with Gasteiger partial charge in [-0.2, -0.15) is 5.10 Å². The van der Waals surface area contributed by atoms with Crippen LogP contribution in [0.4, 0.5) is 0 Å². The SMILES string of the molecule is COc1cc(C(=O)N2CCC3(CC2)Oc2ccccc2-c2nn(C)cc23)ccc1OC(C)C. The van der Waals surface area contributed by atoms with E-state index >= 15 is 0 Å². The van der Waals surface area contributed by atoms with E-state index in [1.54, 1.807) is 25.3 Å². The van der Waals surface area contributed by atoms with Crippen molar-refractivity contribution >= 4 is 5.91 Å². The van der Waals surface area contributed by atoms with Gasteiger partial charge >= 0.3 is 0 Å². The van der Waals surface area contributed by atoms with Crippen LogP contribution in [0.25, 0.3) is 11.3 Å². The van der Waals surface area contributed by atoms with Gasteiger partial charge in [-0.3, -0.25) is 9.48 Å². The van der Waals surface area contributed by atoms with Crippen LogP contribution in [0.1, 0.15) is 42.6 Å². The average molecular weight is 448 g/mol. The molecule has 0 aliphatic carbocycles. The largest absolute Gasteiger partial charge is 0.493 e. The van der Waals surface area contributed by atoms with Crippen molar-refractivity contribution in [2.45, 2.75) is 38.4 Å². The van der Waals surface area contributed by atoms with Crippen LogP contribution >= 0.6 is 0 Å². The van der Waals surface area contributed by atoms with Gasteiger partial charge in [-0.1, -0.05) is 12.1 Å². The van der Waals surface area contributed by atoms with Gasteiger partial charge in [0.05, 0.1) is 13.2 Å². The number of methoxy groups -OCH3 is 1. The van der Waals surface area contributed by atoms with Crippen molar-refractivity contribution in [1.82, 2.24) is 14.7 Å². The highest BCUT2D eigenvalue weighted by Crippen LogP contribution is 2.49. The first-order valence-electron chi connectivity index (χ1n) is 11.4. The molecule has 1 amide bonds. The zero-order valence-corrected chi connectivity index (χ0v) is 19.5. The van der Waals surface area contributed by atoms with Crippen molar-refractivity contribution in [1.29, 1.82) is 0 Å². The van der Waals surface area contributed by atoms with E-state index in [9.17, 15) is 4.79 Å². The number of para-hydroxylation sites is 1. The number of likely N-dealkylation sites (tertiary alicyclic amines) is 1. The molecule has 1 saturated heterocycles. The van der Waals surface area contributed by atoms with Crippen LogP contribution in [0.5, 0.6) is 17.2 Å². The van der Waals surface area contributed by atoms with Crippen LogP contribution in [0.3, 0.4) is 0 Å². The van der Waals surface area contributed by atoms with E-state index in [1.807, 2.05) is 54.7 Å². The fraction of sp³-hybridized carbons (Fsp3) is 0.385. The summed E-state index contributed by atoms with van der Waals surface area (Å²) in [4.78, 5) is 15.2. The Bertz CT molecular complexity index is 1190. The van der Waals surface area contributed by atoms with E-state index < -0.39 is 5.60 Å². The Labute approximate surface area is 193 Å². The van der Waals surface area contributed by atoms with Crippen LogP contribution in [0, 0.1) is 0 Å². The second kappa shape index (κ2) is 8.14. The quantitative estimate of drug-likeness (QED) is 0.593. The number of piperidine rings is 1. The minimum atomic E-state index is -0.471. The van der Waals surface area contributed by atoms with Crippen molar-refractivity contribution in [3.05, 3.63) is 59.8 Å². The van der Waals surface area contributed by atoms with Gasteiger partial charge in [0.1, 0.15) is 17.0 Å². The Morgan fingerprint density at radius 1 is 1.12 bits per heavy atom. The summed E-state index contributed by atoms with van der Waals surface area (Å²) in [6, 6.07) is 13.4. The number of ether oxygens (including phenoxy) is 3. The summed E-state index contributed by atoms with van der Waals surface area (Å²) >= 11 is 0. The molecule has 7 nitrogen and oxygen atoms in total. The number of nitrogens with zero attached hydrogens (tertiary/aromatic N) is 3. The van der Waals surface area contributed by atoms with Gasteiger partial charge in [0, 0.05) is 55.9 Å². The van der Waals surface area contributed by atoms with Gasteiger partial charge in [-0.25, -0.2) is 0 Å². The zero-order valence-electron chi connectivity index (χ0n) is 19.5. The van der Waals surface area contributed by atoms with Crippen LogP contribution in [0.2, 0.25) is 0 Å². The first-order chi connectivity index (χ1) is 15.9. The number of aryl methyl sites for hydroxylation is 1. The molecule has 0 bridgehead atoms. The maximum atomic E-state index is 13.3. The molecule has 2 aliphatic rings. The number of carbonyl (C=O) groups is 1. The lowest BCUT2D eigenvalue weighted by Gasteiger charge is -2.44. The van der Waals surface area contributed by atoms with E-state index in [-0.39, 0.29) is 12.0 Å². The molecule has 3 aromatic rings. The van der Waals surface area contributed by atoms with E-state index in [4.69, 9.17) is 19.3 Å². The normalized spacial score (nSPS) is 16.2. The molecule has 7 heteroatoms. The second-order valence-corrected chi connectivity index (χ2v) is 8.98. The van der Waals surface area contributed by atoms with E-state index in [2.05, 4.69) is 6.20 Å². The predicted octanol–water partition coefficient (Wildman–Crippen LogP) is 4.41. The Morgan fingerprint density at radius 2 is 1.88 bits per heavy atom. The molecule has 5 rings (SSSR count). The molecule has 0 saturated carbocycles. The third-order valence-electron chi connectivity index (χ3n) is 6.40. The van der Waals surface area contributed by atoms with Crippen LogP contribution in [0.15, 0.2) is 48.7 Å². The lowest BCUT2D eigenvalue weighted by Crippen LogP contribution is -2.49. The molecule has 0 radical (unpaired) electrons. The van der Waals surface area contributed by atoms with Gasteiger partial charge in [0.25, 0.3) is 5.91 Å². The van der Waals surface area contributed by atoms with E-state index in [0.717, 1.165) is 22.6 Å². The Hall–Kier alpha value is -3.48. The molecule has 1 aromatic heterocycles. The summed E-state index contributed by atoms with van der Waals surface area (Å²) in [5.41, 5.74) is 3.22. The number of hydrogen-bond acceptors (Lipinski definition) is 5.